The summed E-state index contributed by atoms with van der Waals surface area (Å²) in [5.41, 5.74) is 1.31. The normalized spacial score (nSPS) is 11.4. The van der Waals surface area contributed by atoms with Crippen molar-refractivity contribution in [1.82, 2.24) is 9.80 Å². The maximum Gasteiger partial charge on any atom is 0.0406 e. The molecule has 0 unspecified atom stereocenters. The third-order valence-corrected chi connectivity index (χ3v) is 4.26. The lowest BCUT2D eigenvalue weighted by Gasteiger charge is -2.23. The van der Waals surface area contributed by atoms with Crippen molar-refractivity contribution in [2.45, 2.75) is 13.1 Å². The molecule has 0 aliphatic heterocycles. The summed E-state index contributed by atoms with van der Waals surface area (Å²) >= 11 is 7.77. The second-order valence-corrected chi connectivity index (χ2v) is 6.69. The number of rotatable bonds is 7. The van der Waals surface area contributed by atoms with Crippen LogP contribution < -0.4 is 0 Å². The van der Waals surface area contributed by atoms with E-state index >= 15 is 0 Å². The first-order chi connectivity index (χ1) is 9.63. The largest absolute Gasteiger partial charge is 0.308 e. The molecule has 2 rings (SSSR count). The zero-order chi connectivity index (χ0) is 14.4. The van der Waals surface area contributed by atoms with Crippen molar-refractivity contribution < 1.29 is 0 Å². The van der Waals surface area contributed by atoms with Crippen LogP contribution in [0.1, 0.15) is 10.4 Å². The minimum absolute atomic E-state index is 0.798. The molecule has 0 fully saturated rings. The second-order valence-electron chi connectivity index (χ2n) is 5.22. The fourth-order valence-corrected chi connectivity index (χ4v) is 2.90. The van der Waals surface area contributed by atoms with Crippen LogP contribution >= 0.6 is 22.9 Å². The number of thiophene rings is 1. The van der Waals surface area contributed by atoms with Gasteiger partial charge in [-0.25, -0.2) is 0 Å². The summed E-state index contributed by atoms with van der Waals surface area (Å²) in [7, 11) is 4.23. The van der Waals surface area contributed by atoms with E-state index in [-0.39, 0.29) is 0 Å². The monoisotopic (exact) mass is 308 g/mol. The van der Waals surface area contributed by atoms with Crippen molar-refractivity contribution in [3.8, 4) is 0 Å². The summed E-state index contributed by atoms with van der Waals surface area (Å²) < 4.78 is 0. The van der Waals surface area contributed by atoms with Crippen molar-refractivity contribution >= 4 is 22.9 Å². The summed E-state index contributed by atoms with van der Waals surface area (Å²) in [4.78, 5) is 6.12. The molecule has 0 saturated heterocycles. The molecule has 2 nitrogen and oxygen atoms in total. The number of nitrogens with zero attached hydrogens (tertiary/aromatic N) is 2. The summed E-state index contributed by atoms with van der Waals surface area (Å²) in [6, 6.07) is 12.5. The fourth-order valence-electron chi connectivity index (χ4n) is 2.03. The van der Waals surface area contributed by atoms with E-state index in [0.29, 0.717) is 0 Å². The summed E-state index contributed by atoms with van der Waals surface area (Å²) in [6.45, 7) is 4.10. The van der Waals surface area contributed by atoms with E-state index in [1.807, 2.05) is 23.5 Å². The van der Waals surface area contributed by atoms with Crippen LogP contribution in [0.2, 0.25) is 5.02 Å². The number of hydrogen-bond acceptors (Lipinski definition) is 3. The van der Waals surface area contributed by atoms with Gasteiger partial charge in [0.25, 0.3) is 0 Å². The minimum Gasteiger partial charge on any atom is -0.308 e. The fraction of sp³-hybridized carbons (Fsp3) is 0.375. The molecule has 0 N–H and O–H groups in total. The predicted molar refractivity (Wildman–Crippen MR) is 88.4 cm³/mol. The Hall–Kier alpha value is -0.870. The first-order valence-electron chi connectivity index (χ1n) is 6.77. The lowest BCUT2D eigenvalue weighted by molar-refractivity contribution is 0.228. The molecule has 4 heteroatoms. The van der Waals surface area contributed by atoms with Gasteiger partial charge in [0.05, 0.1) is 0 Å². The minimum atomic E-state index is 0.798. The molecular formula is C16H21ClN2S. The maximum absolute atomic E-state index is 5.95. The zero-order valence-electron chi connectivity index (χ0n) is 12.1. The van der Waals surface area contributed by atoms with Crippen LogP contribution in [0, 0.1) is 0 Å². The number of benzene rings is 1. The smallest absolute Gasteiger partial charge is 0.0406 e. The molecule has 108 valence electrons. The molecule has 1 aromatic heterocycles. The predicted octanol–water partition coefficient (Wildman–Crippen LogP) is 3.97. The summed E-state index contributed by atoms with van der Waals surface area (Å²) in [5, 5.41) is 2.94. The van der Waals surface area contributed by atoms with E-state index in [4.69, 9.17) is 11.6 Å². The van der Waals surface area contributed by atoms with Crippen LogP contribution in [0.3, 0.4) is 0 Å². The van der Waals surface area contributed by atoms with Gasteiger partial charge in [0.2, 0.25) is 0 Å². The quantitative estimate of drug-likeness (QED) is 0.764. The van der Waals surface area contributed by atoms with E-state index in [1.54, 1.807) is 0 Å². The lowest BCUT2D eigenvalue weighted by atomic mass is 10.2. The highest BCUT2D eigenvalue weighted by Crippen LogP contribution is 2.16. The Morgan fingerprint density at radius 2 is 1.75 bits per heavy atom. The van der Waals surface area contributed by atoms with E-state index in [2.05, 4.69) is 53.5 Å². The average molecular weight is 309 g/mol. The van der Waals surface area contributed by atoms with Gasteiger partial charge in [-0.05, 0) is 43.2 Å². The highest BCUT2D eigenvalue weighted by Gasteiger charge is 2.08. The van der Waals surface area contributed by atoms with E-state index < -0.39 is 0 Å². The SMILES string of the molecule is CN(C)CCN(Cc1ccc(Cl)cc1)Cc1cccs1. The van der Waals surface area contributed by atoms with Crippen molar-refractivity contribution in [3.63, 3.8) is 0 Å². The molecule has 0 bridgehead atoms. The average Bonchev–Trinajstić information content (AvgIpc) is 2.91. The van der Waals surface area contributed by atoms with Crippen LogP contribution in [-0.4, -0.2) is 37.0 Å². The molecular weight excluding hydrogens is 288 g/mol. The molecule has 0 aliphatic rings. The first kappa shape index (κ1) is 15.5. The third kappa shape index (κ3) is 5.25. The molecule has 1 aromatic carbocycles. The van der Waals surface area contributed by atoms with Gasteiger partial charge < -0.3 is 4.90 Å². The molecule has 0 saturated carbocycles. The van der Waals surface area contributed by atoms with Crippen molar-refractivity contribution in [1.29, 1.82) is 0 Å². The summed E-state index contributed by atoms with van der Waals surface area (Å²) in [6.07, 6.45) is 0. The van der Waals surface area contributed by atoms with Crippen LogP contribution in [0.4, 0.5) is 0 Å². The van der Waals surface area contributed by atoms with Gasteiger partial charge in [0, 0.05) is 36.1 Å². The van der Waals surface area contributed by atoms with Crippen molar-refractivity contribution in [2.75, 3.05) is 27.2 Å². The second kappa shape index (κ2) is 7.79. The summed E-state index contributed by atoms with van der Waals surface area (Å²) in [5.74, 6) is 0. The maximum atomic E-state index is 5.95. The Bertz CT molecular complexity index is 494. The number of halogens is 1. The number of likely N-dealkylation sites (N-methyl/N-ethyl adjacent to an activating group) is 1. The van der Waals surface area contributed by atoms with Crippen LogP contribution in [0.5, 0.6) is 0 Å². The number of hydrogen-bond donors (Lipinski definition) is 0. The van der Waals surface area contributed by atoms with Gasteiger partial charge in [0.15, 0.2) is 0 Å². The third-order valence-electron chi connectivity index (χ3n) is 3.14. The Kier molecular flexibility index (Phi) is 6.05. The Balaban J connectivity index is 1.99. The Morgan fingerprint density at radius 3 is 2.35 bits per heavy atom. The molecule has 0 atom stereocenters. The Labute approximate surface area is 130 Å². The molecule has 0 radical (unpaired) electrons. The van der Waals surface area contributed by atoms with Gasteiger partial charge in [0.1, 0.15) is 0 Å². The van der Waals surface area contributed by atoms with Gasteiger partial charge in [-0.2, -0.15) is 0 Å². The Morgan fingerprint density at radius 1 is 1.00 bits per heavy atom. The molecule has 0 spiro atoms. The first-order valence-corrected chi connectivity index (χ1v) is 8.03. The zero-order valence-corrected chi connectivity index (χ0v) is 13.6. The molecule has 2 aromatic rings. The van der Waals surface area contributed by atoms with E-state index in [0.717, 1.165) is 31.2 Å². The van der Waals surface area contributed by atoms with Gasteiger partial charge in [-0.15, -0.1) is 11.3 Å². The highest BCUT2D eigenvalue weighted by atomic mass is 35.5. The van der Waals surface area contributed by atoms with Crippen molar-refractivity contribution in [3.05, 3.63) is 57.2 Å². The van der Waals surface area contributed by atoms with E-state index in [9.17, 15) is 0 Å². The van der Waals surface area contributed by atoms with Gasteiger partial charge >= 0.3 is 0 Å². The van der Waals surface area contributed by atoms with Crippen LogP contribution in [0.15, 0.2) is 41.8 Å². The van der Waals surface area contributed by atoms with Gasteiger partial charge in [-0.3, -0.25) is 4.90 Å². The standard InChI is InChI=1S/C16H21ClN2S/c1-18(2)9-10-19(13-16-4-3-11-20-16)12-14-5-7-15(17)8-6-14/h3-8,11H,9-10,12-13H2,1-2H3. The molecule has 20 heavy (non-hydrogen) atoms. The van der Waals surface area contributed by atoms with Crippen LogP contribution in [-0.2, 0) is 13.1 Å². The molecule has 1 heterocycles. The lowest BCUT2D eigenvalue weighted by Crippen LogP contribution is -2.30. The topological polar surface area (TPSA) is 6.48 Å². The van der Waals surface area contributed by atoms with Crippen LogP contribution in [0.25, 0.3) is 0 Å². The molecule has 0 amide bonds. The van der Waals surface area contributed by atoms with Crippen molar-refractivity contribution in [2.24, 2.45) is 0 Å². The van der Waals surface area contributed by atoms with Gasteiger partial charge in [-0.1, -0.05) is 29.8 Å². The highest BCUT2D eigenvalue weighted by molar-refractivity contribution is 7.09. The molecule has 0 aliphatic carbocycles. The van der Waals surface area contributed by atoms with E-state index in [1.165, 1.54) is 10.4 Å².